The SMILES string of the molecule is CC(Cc1ccccc1F)NC(=O)C1(C(F)(F)F)CCN(Cc2ccccc2)C1. The summed E-state index contributed by atoms with van der Waals surface area (Å²) in [6.07, 6.45) is -4.83. The van der Waals surface area contributed by atoms with E-state index >= 15 is 0 Å². The molecule has 2 aromatic rings. The van der Waals surface area contributed by atoms with Crippen LogP contribution in [0.5, 0.6) is 0 Å². The lowest BCUT2D eigenvalue weighted by molar-refractivity contribution is -0.218. The molecule has 0 radical (unpaired) electrons. The lowest BCUT2D eigenvalue weighted by Gasteiger charge is -2.32. The Bertz CT molecular complexity index is 840. The molecule has 156 valence electrons. The molecule has 2 aromatic carbocycles. The molecule has 29 heavy (non-hydrogen) atoms. The van der Waals surface area contributed by atoms with Crippen molar-refractivity contribution in [2.45, 2.75) is 38.5 Å². The molecule has 2 atom stereocenters. The van der Waals surface area contributed by atoms with Gasteiger partial charge < -0.3 is 5.32 Å². The number of carbonyl (C=O) groups excluding carboxylic acids is 1. The fourth-order valence-corrected chi connectivity index (χ4v) is 3.82. The van der Waals surface area contributed by atoms with E-state index < -0.39 is 29.4 Å². The monoisotopic (exact) mass is 408 g/mol. The molecule has 1 N–H and O–H groups in total. The van der Waals surface area contributed by atoms with Crippen molar-refractivity contribution in [3.63, 3.8) is 0 Å². The molecule has 0 spiro atoms. The van der Waals surface area contributed by atoms with Crippen molar-refractivity contribution in [3.8, 4) is 0 Å². The third-order valence-electron chi connectivity index (χ3n) is 5.44. The predicted molar refractivity (Wildman–Crippen MR) is 103 cm³/mol. The Hall–Kier alpha value is -2.41. The number of rotatable bonds is 6. The quantitative estimate of drug-likeness (QED) is 0.722. The number of benzene rings is 2. The van der Waals surface area contributed by atoms with Gasteiger partial charge in [0.2, 0.25) is 5.91 Å². The van der Waals surface area contributed by atoms with Crippen molar-refractivity contribution in [2.75, 3.05) is 13.1 Å². The third-order valence-corrected chi connectivity index (χ3v) is 5.44. The number of amides is 1. The molecule has 0 saturated carbocycles. The molecule has 1 heterocycles. The lowest BCUT2D eigenvalue weighted by Crippen LogP contribution is -2.54. The summed E-state index contributed by atoms with van der Waals surface area (Å²) in [5, 5.41) is 2.48. The van der Waals surface area contributed by atoms with Gasteiger partial charge in [-0.1, -0.05) is 48.5 Å². The molecule has 3 nitrogen and oxygen atoms in total. The third kappa shape index (κ3) is 4.78. The highest BCUT2D eigenvalue weighted by Gasteiger charge is 2.63. The zero-order valence-electron chi connectivity index (χ0n) is 16.2. The first kappa shape index (κ1) is 21.3. The van der Waals surface area contributed by atoms with Crippen molar-refractivity contribution < 1.29 is 22.4 Å². The normalized spacial score (nSPS) is 21.1. The Labute approximate surface area is 167 Å². The molecule has 2 unspecified atom stereocenters. The number of hydrogen-bond acceptors (Lipinski definition) is 2. The molecular formula is C22H24F4N2O. The highest BCUT2D eigenvalue weighted by molar-refractivity contribution is 5.84. The van der Waals surface area contributed by atoms with Crippen LogP contribution in [-0.4, -0.2) is 36.1 Å². The first-order valence-electron chi connectivity index (χ1n) is 9.59. The summed E-state index contributed by atoms with van der Waals surface area (Å²) < 4.78 is 55.7. The van der Waals surface area contributed by atoms with Gasteiger partial charge in [-0.3, -0.25) is 9.69 Å². The molecule has 0 bridgehead atoms. The van der Waals surface area contributed by atoms with Crippen LogP contribution in [0.25, 0.3) is 0 Å². The summed E-state index contributed by atoms with van der Waals surface area (Å²) in [5.74, 6) is -1.47. The minimum absolute atomic E-state index is 0.125. The summed E-state index contributed by atoms with van der Waals surface area (Å²) in [6.45, 7) is 1.75. The maximum absolute atomic E-state index is 14.0. The van der Waals surface area contributed by atoms with Gasteiger partial charge in [-0.2, -0.15) is 13.2 Å². The van der Waals surface area contributed by atoms with Crippen LogP contribution >= 0.6 is 0 Å². The number of halogens is 4. The summed E-state index contributed by atoms with van der Waals surface area (Å²) in [5.41, 5.74) is -1.19. The van der Waals surface area contributed by atoms with Crippen molar-refractivity contribution in [1.82, 2.24) is 10.2 Å². The Morgan fingerprint density at radius 1 is 1.14 bits per heavy atom. The standard InChI is InChI=1S/C22H24F4N2O/c1-16(13-18-9-5-6-10-19(18)23)27-20(29)21(22(24,25)26)11-12-28(15-21)14-17-7-3-2-4-8-17/h2-10,16H,11-15H2,1H3,(H,27,29). The second-order valence-electron chi connectivity index (χ2n) is 7.70. The number of alkyl halides is 3. The minimum atomic E-state index is -4.67. The fraction of sp³-hybridized carbons (Fsp3) is 0.409. The second kappa shape index (κ2) is 8.53. The van der Waals surface area contributed by atoms with E-state index in [9.17, 15) is 22.4 Å². The van der Waals surface area contributed by atoms with Gasteiger partial charge in [0.25, 0.3) is 0 Å². The average Bonchev–Trinajstić information content (AvgIpc) is 3.10. The molecular weight excluding hydrogens is 384 g/mol. The van der Waals surface area contributed by atoms with E-state index in [4.69, 9.17) is 0 Å². The van der Waals surface area contributed by atoms with Gasteiger partial charge >= 0.3 is 6.18 Å². The molecule has 0 aliphatic carbocycles. The topological polar surface area (TPSA) is 32.3 Å². The lowest BCUT2D eigenvalue weighted by atomic mass is 9.84. The molecule has 0 aromatic heterocycles. The summed E-state index contributed by atoms with van der Waals surface area (Å²) in [4.78, 5) is 14.4. The minimum Gasteiger partial charge on any atom is -0.352 e. The first-order valence-corrected chi connectivity index (χ1v) is 9.59. The maximum atomic E-state index is 14.0. The average molecular weight is 408 g/mol. The van der Waals surface area contributed by atoms with E-state index in [2.05, 4.69) is 5.32 Å². The van der Waals surface area contributed by atoms with Crippen molar-refractivity contribution in [1.29, 1.82) is 0 Å². The smallest absolute Gasteiger partial charge is 0.352 e. The van der Waals surface area contributed by atoms with Crippen LogP contribution in [0.1, 0.15) is 24.5 Å². The highest BCUT2D eigenvalue weighted by atomic mass is 19.4. The van der Waals surface area contributed by atoms with Crippen LogP contribution in [-0.2, 0) is 17.8 Å². The summed E-state index contributed by atoms with van der Waals surface area (Å²) in [6, 6.07) is 14.6. The van der Waals surface area contributed by atoms with E-state index in [0.29, 0.717) is 12.1 Å². The summed E-state index contributed by atoms with van der Waals surface area (Å²) in [7, 11) is 0. The van der Waals surface area contributed by atoms with Gasteiger partial charge in [-0.15, -0.1) is 0 Å². The zero-order valence-corrected chi connectivity index (χ0v) is 16.2. The fourth-order valence-electron chi connectivity index (χ4n) is 3.82. The number of carbonyl (C=O) groups is 1. The molecule has 1 fully saturated rings. The first-order chi connectivity index (χ1) is 13.7. The van der Waals surface area contributed by atoms with Crippen molar-refractivity contribution in [2.24, 2.45) is 5.41 Å². The number of nitrogens with zero attached hydrogens (tertiary/aromatic N) is 1. The van der Waals surface area contributed by atoms with Gasteiger partial charge in [-0.25, -0.2) is 4.39 Å². The van der Waals surface area contributed by atoms with E-state index in [-0.39, 0.29) is 25.9 Å². The van der Waals surface area contributed by atoms with Crippen LogP contribution in [0.4, 0.5) is 17.6 Å². The van der Waals surface area contributed by atoms with Gasteiger partial charge in [-0.05, 0) is 43.5 Å². The van der Waals surface area contributed by atoms with Gasteiger partial charge in [0.15, 0.2) is 5.41 Å². The van der Waals surface area contributed by atoms with Gasteiger partial charge in [0, 0.05) is 19.1 Å². The molecule has 3 rings (SSSR count). The predicted octanol–water partition coefficient (Wildman–Crippen LogP) is 4.33. The number of hydrogen-bond donors (Lipinski definition) is 1. The molecule has 1 aliphatic rings. The molecule has 1 aliphatic heterocycles. The Morgan fingerprint density at radius 3 is 2.45 bits per heavy atom. The number of likely N-dealkylation sites (tertiary alicyclic amines) is 1. The second-order valence-corrected chi connectivity index (χ2v) is 7.70. The maximum Gasteiger partial charge on any atom is 0.404 e. The Balaban J connectivity index is 1.70. The highest BCUT2D eigenvalue weighted by Crippen LogP contribution is 2.46. The van der Waals surface area contributed by atoms with Crippen molar-refractivity contribution >= 4 is 5.91 Å². The van der Waals surface area contributed by atoms with E-state index in [1.165, 1.54) is 6.07 Å². The van der Waals surface area contributed by atoms with Crippen LogP contribution < -0.4 is 5.32 Å². The van der Waals surface area contributed by atoms with Crippen LogP contribution in [0.2, 0.25) is 0 Å². The van der Waals surface area contributed by atoms with E-state index in [1.807, 2.05) is 30.3 Å². The van der Waals surface area contributed by atoms with Gasteiger partial charge in [0.1, 0.15) is 5.82 Å². The van der Waals surface area contributed by atoms with Crippen molar-refractivity contribution in [3.05, 3.63) is 71.5 Å². The van der Waals surface area contributed by atoms with E-state index in [1.54, 1.807) is 30.0 Å². The van der Waals surface area contributed by atoms with Crippen LogP contribution in [0.3, 0.4) is 0 Å². The van der Waals surface area contributed by atoms with Crippen LogP contribution in [0.15, 0.2) is 54.6 Å². The summed E-state index contributed by atoms with van der Waals surface area (Å²) >= 11 is 0. The largest absolute Gasteiger partial charge is 0.404 e. The Morgan fingerprint density at radius 2 is 1.79 bits per heavy atom. The van der Waals surface area contributed by atoms with Crippen LogP contribution in [0, 0.1) is 11.2 Å². The molecule has 1 saturated heterocycles. The van der Waals surface area contributed by atoms with Gasteiger partial charge in [0.05, 0.1) is 0 Å². The molecule has 1 amide bonds. The van der Waals surface area contributed by atoms with E-state index in [0.717, 1.165) is 5.56 Å². The Kier molecular flexibility index (Phi) is 6.27. The number of nitrogens with one attached hydrogen (secondary N) is 1. The molecule has 7 heteroatoms. The zero-order chi connectivity index (χ0) is 21.1.